The molecule has 0 aliphatic rings. The Morgan fingerprint density at radius 1 is 1.29 bits per heavy atom. The van der Waals surface area contributed by atoms with Crippen LogP contribution in [0.4, 0.5) is 0 Å². The Bertz CT molecular complexity index is 381. The number of rotatable bonds is 5. The molecule has 0 bridgehead atoms. The summed E-state index contributed by atoms with van der Waals surface area (Å²) in [6.45, 7) is 5.72. The maximum Gasteiger partial charge on any atom is 0.306 e. The van der Waals surface area contributed by atoms with Crippen molar-refractivity contribution >= 4 is 5.97 Å². The molecule has 0 amide bonds. The van der Waals surface area contributed by atoms with Crippen molar-refractivity contribution in [1.82, 2.24) is 0 Å². The topological polar surface area (TPSA) is 57.5 Å². The Kier molecular flexibility index (Phi) is 4.29. The molecule has 1 rings (SSSR count). The van der Waals surface area contributed by atoms with Gasteiger partial charge in [-0.25, -0.2) is 0 Å². The minimum atomic E-state index is -1.29. The second-order valence-electron chi connectivity index (χ2n) is 4.70. The monoisotopic (exact) mass is 236 g/mol. The first-order valence-corrected chi connectivity index (χ1v) is 5.93. The molecule has 1 aromatic carbocycles. The molecule has 0 heterocycles. The largest absolute Gasteiger partial charge is 0.481 e. The van der Waals surface area contributed by atoms with Crippen molar-refractivity contribution in [3.05, 3.63) is 35.4 Å². The van der Waals surface area contributed by atoms with Crippen LogP contribution in [0.5, 0.6) is 0 Å². The first-order chi connectivity index (χ1) is 7.90. The van der Waals surface area contributed by atoms with Gasteiger partial charge in [-0.05, 0) is 23.5 Å². The molecule has 0 aromatic heterocycles. The Balaban J connectivity index is 3.08. The predicted octanol–water partition coefficient (Wildman–Crippen LogP) is 2.57. The van der Waals surface area contributed by atoms with Crippen LogP contribution in [0.2, 0.25) is 0 Å². The first kappa shape index (κ1) is 13.7. The quantitative estimate of drug-likeness (QED) is 0.826. The van der Waals surface area contributed by atoms with E-state index in [9.17, 15) is 9.90 Å². The number of aliphatic carboxylic acids is 1. The molecule has 0 spiro atoms. The number of carboxylic acids is 1. The van der Waals surface area contributed by atoms with E-state index in [-0.39, 0.29) is 12.3 Å². The van der Waals surface area contributed by atoms with Gasteiger partial charge in [0.05, 0.1) is 6.42 Å². The summed E-state index contributed by atoms with van der Waals surface area (Å²) >= 11 is 0. The third-order valence-electron chi connectivity index (χ3n) is 3.24. The van der Waals surface area contributed by atoms with Crippen LogP contribution in [-0.2, 0) is 16.8 Å². The van der Waals surface area contributed by atoms with Crippen molar-refractivity contribution < 1.29 is 15.0 Å². The zero-order valence-corrected chi connectivity index (χ0v) is 10.6. The highest BCUT2D eigenvalue weighted by Gasteiger charge is 2.35. The van der Waals surface area contributed by atoms with E-state index in [4.69, 9.17) is 5.11 Å². The molecule has 0 fully saturated rings. The van der Waals surface area contributed by atoms with Crippen molar-refractivity contribution in [1.29, 1.82) is 0 Å². The summed E-state index contributed by atoms with van der Waals surface area (Å²) < 4.78 is 0. The lowest BCUT2D eigenvalue weighted by atomic mass is 9.80. The molecule has 1 unspecified atom stereocenters. The van der Waals surface area contributed by atoms with Gasteiger partial charge in [-0.3, -0.25) is 4.79 Å². The molecular formula is C14H20O3. The van der Waals surface area contributed by atoms with Gasteiger partial charge in [-0.1, -0.05) is 45.0 Å². The third kappa shape index (κ3) is 3.07. The molecule has 3 heteroatoms. The summed E-state index contributed by atoms with van der Waals surface area (Å²) in [6.07, 6.45) is 0.662. The molecular weight excluding hydrogens is 216 g/mol. The lowest BCUT2D eigenvalue weighted by molar-refractivity contribution is -0.145. The zero-order chi connectivity index (χ0) is 13.1. The maximum atomic E-state index is 10.9. The van der Waals surface area contributed by atoms with E-state index in [1.165, 1.54) is 5.56 Å². The van der Waals surface area contributed by atoms with Crippen LogP contribution in [0.3, 0.4) is 0 Å². The smallest absolute Gasteiger partial charge is 0.306 e. The van der Waals surface area contributed by atoms with E-state index in [2.05, 4.69) is 6.92 Å². The molecule has 0 saturated heterocycles. The molecule has 94 valence electrons. The normalized spacial score (nSPS) is 14.6. The minimum absolute atomic E-state index is 0.147. The van der Waals surface area contributed by atoms with E-state index >= 15 is 0 Å². The lowest BCUT2D eigenvalue weighted by Gasteiger charge is -2.31. The Hall–Kier alpha value is -1.35. The van der Waals surface area contributed by atoms with E-state index in [0.29, 0.717) is 5.56 Å². The standard InChI is InChI=1S/C14H20O3/c1-4-11-5-7-12(8-6-11)14(17,10(2)3)9-13(15)16/h5-8,10,17H,4,9H2,1-3H3,(H,15,16). The van der Waals surface area contributed by atoms with Crippen LogP contribution >= 0.6 is 0 Å². The van der Waals surface area contributed by atoms with Crippen LogP contribution < -0.4 is 0 Å². The van der Waals surface area contributed by atoms with Gasteiger partial charge in [-0.2, -0.15) is 0 Å². The van der Waals surface area contributed by atoms with Gasteiger partial charge < -0.3 is 10.2 Å². The number of benzene rings is 1. The number of aryl methyl sites for hydroxylation is 1. The Morgan fingerprint density at radius 3 is 2.18 bits per heavy atom. The van der Waals surface area contributed by atoms with E-state index < -0.39 is 11.6 Å². The molecule has 0 radical (unpaired) electrons. The first-order valence-electron chi connectivity index (χ1n) is 5.93. The van der Waals surface area contributed by atoms with Crippen LogP contribution in [0.15, 0.2) is 24.3 Å². The molecule has 0 aliphatic carbocycles. The van der Waals surface area contributed by atoms with Crippen molar-refractivity contribution in [2.75, 3.05) is 0 Å². The van der Waals surface area contributed by atoms with Crippen LogP contribution in [0, 0.1) is 5.92 Å². The summed E-state index contributed by atoms with van der Waals surface area (Å²) in [4.78, 5) is 10.9. The highest BCUT2D eigenvalue weighted by atomic mass is 16.4. The fraction of sp³-hybridized carbons (Fsp3) is 0.500. The highest BCUT2D eigenvalue weighted by Crippen LogP contribution is 2.33. The van der Waals surface area contributed by atoms with Crippen LogP contribution in [0.25, 0.3) is 0 Å². The minimum Gasteiger partial charge on any atom is -0.481 e. The number of carbonyl (C=O) groups is 1. The van der Waals surface area contributed by atoms with E-state index in [1.54, 1.807) is 0 Å². The van der Waals surface area contributed by atoms with Gasteiger partial charge in [0, 0.05) is 0 Å². The molecule has 0 aliphatic heterocycles. The lowest BCUT2D eigenvalue weighted by Crippen LogP contribution is -2.34. The number of aliphatic hydroxyl groups is 1. The maximum absolute atomic E-state index is 10.9. The summed E-state index contributed by atoms with van der Waals surface area (Å²) in [7, 11) is 0. The van der Waals surface area contributed by atoms with E-state index in [1.807, 2.05) is 38.1 Å². The van der Waals surface area contributed by atoms with Crippen molar-refractivity contribution in [2.24, 2.45) is 5.92 Å². The van der Waals surface area contributed by atoms with Gasteiger partial charge in [0.2, 0.25) is 0 Å². The SMILES string of the molecule is CCc1ccc(C(O)(CC(=O)O)C(C)C)cc1. The average Bonchev–Trinajstić information content (AvgIpc) is 2.28. The van der Waals surface area contributed by atoms with E-state index in [0.717, 1.165) is 6.42 Å². The average molecular weight is 236 g/mol. The highest BCUT2D eigenvalue weighted by molar-refractivity contribution is 5.68. The fourth-order valence-corrected chi connectivity index (χ4v) is 1.90. The summed E-state index contributed by atoms with van der Waals surface area (Å²) in [5, 5.41) is 19.4. The van der Waals surface area contributed by atoms with Gasteiger partial charge in [0.25, 0.3) is 0 Å². The van der Waals surface area contributed by atoms with Crippen molar-refractivity contribution in [2.45, 2.75) is 39.2 Å². The predicted molar refractivity (Wildman–Crippen MR) is 66.8 cm³/mol. The van der Waals surface area contributed by atoms with Gasteiger partial charge in [-0.15, -0.1) is 0 Å². The molecule has 17 heavy (non-hydrogen) atoms. The third-order valence-corrected chi connectivity index (χ3v) is 3.24. The van der Waals surface area contributed by atoms with Crippen molar-refractivity contribution in [3.63, 3.8) is 0 Å². The van der Waals surface area contributed by atoms with Gasteiger partial charge in [0.15, 0.2) is 0 Å². The van der Waals surface area contributed by atoms with Gasteiger partial charge >= 0.3 is 5.97 Å². The van der Waals surface area contributed by atoms with Crippen LogP contribution in [-0.4, -0.2) is 16.2 Å². The molecule has 3 nitrogen and oxygen atoms in total. The molecule has 2 N–H and O–H groups in total. The molecule has 1 aromatic rings. The van der Waals surface area contributed by atoms with Crippen molar-refractivity contribution in [3.8, 4) is 0 Å². The Labute approximate surface area is 102 Å². The summed E-state index contributed by atoms with van der Waals surface area (Å²) in [5.74, 6) is -1.13. The second kappa shape index (κ2) is 5.32. The molecule has 1 atom stereocenters. The molecule has 0 saturated carbocycles. The number of carboxylic acid groups (broad SMARTS) is 1. The van der Waals surface area contributed by atoms with Gasteiger partial charge in [0.1, 0.15) is 5.60 Å². The van der Waals surface area contributed by atoms with Crippen LogP contribution in [0.1, 0.15) is 38.3 Å². The fourth-order valence-electron chi connectivity index (χ4n) is 1.90. The summed E-state index contributed by atoms with van der Waals surface area (Å²) in [5.41, 5.74) is 0.556. The Morgan fingerprint density at radius 2 is 1.82 bits per heavy atom. The zero-order valence-electron chi connectivity index (χ0n) is 10.6. The second-order valence-corrected chi connectivity index (χ2v) is 4.70. The summed E-state index contributed by atoms with van der Waals surface area (Å²) in [6, 6.07) is 7.51. The number of hydrogen-bond acceptors (Lipinski definition) is 2. The number of hydrogen-bond donors (Lipinski definition) is 2.